The Labute approximate surface area is 95.4 Å². The molecule has 13 heavy (non-hydrogen) atoms. The molecule has 0 spiro atoms. The highest BCUT2D eigenvalue weighted by Crippen LogP contribution is 2.30. The van der Waals surface area contributed by atoms with Crippen molar-refractivity contribution in [3.05, 3.63) is 5.21 Å². The number of carbonyl (C=O) groups excluding carboxylic acids is 1. The maximum atomic E-state index is 11.3. The Bertz CT molecular complexity index is 227. The van der Waals surface area contributed by atoms with Crippen LogP contribution >= 0.6 is 46.4 Å². The van der Waals surface area contributed by atoms with Gasteiger partial charge in [-0.3, -0.25) is 5.06 Å². The molecule has 0 saturated carbocycles. The highest BCUT2D eigenvalue weighted by atomic mass is 35.5. The smallest absolute Gasteiger partial charge is 0.335 e. The van der Waals surface area contributed by atoms with E-state index in [-0.39, 0.29) is 12.3 Å². The molecule has 1 saturated heterocycles. The van der Waals surface area contributed by atoms with Crippen LogP contribution in [0.1, 0.15) is 6.42 Å². The summed E-state index contributed by atoms with van der Waals surface area (Å²) in [6.07, 6.45) is 0.123. The van der Waals surface area contributed by atoms with Crippen molar-refractivity contribution in [2.75, 3.05) is 5.88 Å². The number of hydrogen-bond donors (Lipinski definition) is 1. The maximum Gasteiger partial charge on any atom is 0.335 e. The fourth-order valence-corrected chi connectivity index (χ4v) is 2.27. The van der Waals surface area contributed by atoms with Crippen LogP contribution in [0.5, 0.6) is 0 Å². The average Bonchev–Trinajstić information content (AvgIpc) is 2.12. The quantitative estimate of drug-likeness (QED) is 0.431. The summed E-state index contributed by atoms with van der Waals surface area (Å²) in [7, 11) is 0. The SMILES string of the molecule is O=C1[NH+]([O-])C(Cl)C(Cl)CC1(Cl)CCl. The van der Waals surface area contributed by atoms with Crippen molar-refractivity contribution in [3.8, 4) is 0 Å². The zero-order chi connectivity index (χ0) is 10.2. The van der Waals surface area contributed by atoms with Crippen LogP contribution in [-0.2, 0) is 4.79 Å². The molecule has 0 radical (unpaired) electrons. The van der Waals surface area contributed by atoms with Crippen LogP contribution in [0.25, 0.3) is 0 Å². The van der Waals surface area contributed by atoms with Crippen molar-refractivity contribution in [3.63, 3.8) is 0 Å². The minimum atomic E-state index is -1.36. The summed E-state index contributed by atoms with van der Waals surface area (Å²) >= 11 is 22.6. The number of amides is 1. The van der Waals surface area contributed by atoms with Crippen LogP contribution in [0.2, 0.25) is 0 Å². The third-order valence-electron chi connectivity index (χ3n) is 1.93. The molecule has 1 amide bonds. The van der Waals surface area contributed by atoms with E-state index in [0.29, 0.717) is 0 Å². The summed E-state index contributed by atoms with van der Waals surface area (Å²) in [4.78, 5) is 9.96. The molecule has 1 aliphatic heterocycles. The number of halogens is 4. The molecule has 1 heterocycles. The first kappa shape index (κ1) is 11.8. The highest BCUT2D eigenvalue weighted by molar-refractivity contribution is 6.40. The Morgan fingerprint density at radius 3 is 2.62 bits per heavy atom. The predicted molar refractivity (Wildman–Crippen MR) is 52.5 cm³/mol. The summed E-state index contributed by atoms with van der Waals surface area (Å²) in [6, 6.07) is 0. The van der Waals surface area contributed by atoms with Crippen LogP contribution in [0.4, 0.5) is 0 Å². The molecule has 4 atom stereocenters. The Morgan fingerprint density at radius 1 is 1.62 bits per heavy atom. The largest absolute Gasteiger partial charge is 0.626 e. The van der Waals surface area contributed by atoms with Gasteiger partial charge < -0.3 is 5.21 Å². The lowest BCUT2D eigenvalue weighted by Gasteiger charge is -2.39. The van der Waals surface area contributed by atoms with Gasteiger partial charge >= 0.3 is 5.91 Å². The zero-order valence-electron chi connectivity index (χ0n) is 6.40. The lowest BCUT2D eigenvalue weighted by atomic mass is 9.99. The Kier molecular flexibility index (Phi) is 3.72. The van der Waals surface area contributed by atoms with Gasteiger partial charge in [0, 0.05) is 6.42 Å². The standard InChI is InChI=1S/C6H7Cl4NO2/c7-2-6(10)1-3(8)4(9)11(13)5(6)12/h3-4,11H,1-2H2. The van der Waals surface area contributed by atoms with Gasteiger partial charge in [-0.2, -0.15) is 0 Å². The number of carbonyl (C=O) groups is 1. The lowest BCUT2D eigenvalue weighted by molar-refractivity contribution is -0.784. The summed E-state index contributed by atoms with van der Waals surface area (Å²) in [5.41, 5.74) is -0.982. The molecule has 0 aromatic rings. The van der Waals surface area contributed by atoms with Crippen LogP contribution in [0.15, 0.2) is 0 Å². The number of hydroxylamine groups is 2. The second kappa shape index (κ2) is 4.09. The molecule has 1 rings (SSSR count). The summed E-state index contributed by atoms with van der Waals surface area (Å²) in [5, 5.41) is 9.82. The molecule has 0 aromatic carbocycles. The van der Waals surface area contributed by atoms with Gasteiger partial charge in [0.15, 0.2) is 10.4 Å². The molecule has 0 bridgehead atoms. The van der Waals surface area contributed by atoms with Crippen molar-refractivity contribution in [1.29, 1.82) is 0 Å². The number of alkyl halides is 4. The topological polar surface area (TPSA) is 44.6 Å². The Balaban J connectivity index is 2.88. The van der Waals surface area contributed by atoms with Gasteiger partial charge in [0.2, 0.25) is 0 Å². The van der Waals surface area contributed by atoms with Gasteiger partial charge in [0.1, 0.15) is 5.38 Å². The second-order valence-electron chi connectivity index (χ2n) is 2.91. The summed E-state index contributed by atoms with van der Waals surface area (Å²) in [6.45, 7) is 0. The van der Waals surface area contributed by atoms with Crippen LogP contribution in [0, 0.1) is 5.21 Å². The van der Waals surface area contributed by atoms with Crippen molar-refractivity contribution < 1.29 is 9.86 Å². The van der Waals surface area contributed by atoms with Gasteiger partial charge in [-0.05, 0) is 0 Å². The molecule has 4 unspecified atom stereocenters. The van der Waals surface area contributed by atoms with Crippen LogP contribution in [0.3, 0.4) is 0 Å². The van der Waals surface area contributed by atoms with Crippen molar-refractivity contribution >= 4 is 52.3 Å². The molecule has 1 fully saturated rings. The second-order valence-corrected chi connectivity index (χ2v) is 4.94. The number of nitrogens with one attached hydrogen (secondary N) is 1. The normalized spacial score (nSPS) is 46.5. The lowest BCUT2D eigenvalue weighted by Crippen LogP contribution is -3.17. The molecule has 1 aliphatic rings. The Hall–Kier alpha value is 0.750. The molecule has 0 aromatic heterocycles. The molecule has 3 nitrogen and oxygen atoms in total. The molecule has 1 N–H and O–H groups in total. The number of piperidine rings is 1. The van der Waals surface area contributed by atoms with E-state index in [1.165, 1.54) is 0 Å². The van der Waals surface area contributed by atoms with E-state index in [9.17, 15) is 10.0 Å². The minimum Gasteiger partial charge on any atom is -0.626 e. The Morgan fingerprint density at radius 2 is 2.15 bits per heavy atom. The molecular formula is C6H7Cl4NO2. The maximum absolute atomic E-state index is 11.3. The van der Waals surface area contributed by atoms with Gasteiger partial charge in [0.25, 0.3) is 0 Å². The van der Waals surface area contributed by atoms with Gasteiger partial charge in [0.05, 0.1) is 5.88 Å². The highest BCUT2D eigenvalue weighted by Gasteiger charge is 2.51. The first-order valence-electron chi connectivity index (χ1n) is 3.54. The van der Waals surface area contributed by atoms with Gasteiger partial charge in [-0.15, -0.1) is 34.8 Å². The number of hydrogen-bond acceptors (Lipinski definition) is 2. The van der Waals surface area contributed by atoms with Gasteiger partial charge in [-0.25, -0.2) is 4.79 Å². The van der Waals surface area contributed by atoms with Crippen LogP contribution in [-0.4, -0.2) is 27.5 Å². The third-order valence-corrected chi connectivity index (χ3v) is 4.02. The first-order chi connectivity index (χ1) is 5.92. The molecule has 7 heteroatoms. The number of quaternary nitrogens is 1. The summed E-state index contributed by atoms with van der Waals surface area (Å²) in [5.74, 6) is -0.868. The first-order valence-corrected chi connectivity index (χ1v) is 5.32. The zero-order valence-corrected chi connectivity index (χ0v) is 9.42. The van der Waals surface area contributed by atoms with Crippen molar-refractivity contribution in [1.82, 2.24) is 0 Å². The van der Waals surface area contributed by atoms with E-state index in [1.54, 1.807) is 0 Å². The minimum absolute atomic E-state index is 0.123. The van der Waals surface area contributed by atoms with E-state index >= 15 is 0 Å². The molecular weight excluding hydrogens is 260 g/mol. The van der Waals surface area contributed by atoms with E-state index in [1.807, 2.05) is 0 Å². The van der Waals surface area contributed by atoms with Crippen molar-refractivity contribution in [2.24, 2.45) is 0 Å². The predicted octanol–water partition coefficient (Wildman–Crippen LogP) is 0.688. The van der Waals surface area contributed by atoms with E-state index in [2.05, 4.69) is 0 Å². The van der Waals surface area contributed by atoms with Gasteiger partial charge in [-0.1, -0.05) is 11.6 Å². The third kappa shape index (κ3) is 2.06. The van der Waals surface area contributed by atoms with E-state index in [0.717, 1.165) is 0 Å². The number of rotatable bonds is 1. The van der Waals surface area contributed by atoms with E-state index in [4.69, 9.17) is 46.4 Å². The average molecular weight is 267 g/mol. The van der Waals surface area contributed by atoms with E-state index < -0.39 is 26.7 Å². The van der Waals surface area contributed by atoms with Crippen molar-refractivity contribution in [2.45, 2.75) is 22.2 Å². The summed E-state index contributed by atoms with van der Waals surface area (Å²) < 4.78 is 0. The molecule has 76 valence electrons. The van der Waals surface area contributed by atoms with Crippen LogP contribution < -0.4 is 5.06 Å². The fourth-order valence-electron chi connectivity index (χ4n) is 1.13. The monoisotopic (exact) mass is 265 g/mol. The molecule has 0 aliphatic carbocycles. The fraction of sp³-hybridized carbons (Fsp3) is 0.833.